The van der Waals surface area contributed by atoms with Crippen LogP contribution < -0.4 is 10.1 Å². The van der Waals surface area contributed by atoms with Crippen LogP contribution in [0.15, 0.2) is 42.5 Å². The number of carbonyl (C=O) groups is 1. The van der Waals surface area contributed by atoms with E-state index in [4.69, 9.17) is 21.6 Å². The Labute approximate surface area is 189 Å². The summed E-state index contributed by atoms with van der Waals surface area (Å²) in [4.78, 5) is 16.4. The van der Waals surface area contributed by atoms with Crippen LogP contribution in [-0.2, 0) is 11.0 Å². The highest BCUT2D eigenvalue weighted by Gasteiger charge is 2.33. The summed E-state index contributed by atoms with van der Waals surface area (Å²) in [6.07, 6.45) is -4.59. The van der Waals surface area contributed by atoms with Gasteiger partial charge in [-0.05, 0) is 36.4 Å². The highest BCUT2D eigenvalue weighted by molar-refractivity contribution is 6.31. The van der Waals surface area contributed by atoms with Gasteiger partial charge in [0.05, 0.1) is 28.8 Å². The van der Waals surface area contributed by atoms with Gasteiger partial charge in [-0.2, -0.15) is 18.4 Å². The number of hydrogen-bond acceptors (Lipinski definition) is 5. The number of benzene rings is 2. The number of hydrogen-bond donors (Lipinski definition) is 1. The number of rotatable bonds is 7. The molecule has 2 aromatic rings. The quantitative estimate of drug-likeness (QED) is 0.671. The third kappa shape index (κ3) is 6.85. The molecule has 0 bridgehead atoms. The van der Waals surface area contributed by atoms with Crippen LogP contribution in [0.5, 0.6) is 5.75 Å². The van der Waals surface area contributed by atoms with E-state index < -0.39 is 16.8 Å². The van der Waals surface area contributed by atoms with E-state index in [0.717, 1.165) is 25.2 Å². The second-order valence-corrected chi connectivity index (χ2v) is 7.75. The summed E-state index contributed by atoms with van der Waals surface area (Å²) < 4.78 is 44.6. The summed E-state index contributed by atoms with van der Waals surface area (Å²) >= 11 is 5.60. The summed E-state index contributed by atoms with van der Waals surface area (Å²) in [5.74, 6) is 0.268. The number of ether oxygens (including phenoxy) is 1. The zero-order valence-corrected chi connectivity index (χ0v) is 17.9. The maximum atomic E-state index is 13.0. The third-order valence-electron chi connectivity index (χ3n) is 5.03. The lowest BCUT2D eigenvalue weighted by atomic mass is 10.2. The maximum absolute atomic E-state index is 13.0. The monoisotopic (exact) mass is 466 g/mol. The van der Waals surface area contributed by atoms with Crippen molar-refractivity contribution in [2.75, 3.05) is 51.2 Å². The van der Waals surface area contributed by atoms with Crippen LogP contribution in [0.2, 0.25) is 5.02 Å². The maximum Gasteiger partial charge on any atom is 0.417 e. The van der Waals surface area contributed by atoms with Crippen LogP contribution >= 0.6 is 11.6 Å². The third-order valence-corrected chi connectivity index (χ3v) is 5.36. The molecule has 0 radical (unpaired) electrons. The molecule has 1 aliphatic rings. The second kappa shape index (κ2) is 10.7. The zero-order valence-electron chi connectivity index (χ0n) is 17.2. The summed E-state index contributed by atoms with van der Waals surface area (Å²) in [5, 5.41) is 11.0. The van der Waals surface area contributed by atoms with Crippen molar-refractivity contribution in [3.05, 3.63) is 58.6 Å². The molecule has 0 aromatic heterocycles. The molecule has 0 saturated carbocycles. The second-order valence-electron chi connectivity index (χ2n) is 7.35. The van der Waals surface area contributed by atoms with Crippen molar-refractivity contribution < 1.29 is 22.7 Å². The van der Waals surface area contributed by atoms with Gasteiger partial charge in [-0.25, -0.2) is 0 Å². The number of alkyl halides is 3. The first kappa shape index (κ1) is 23.9. The Morgan fingerprint density at radius 2 is 1.84 bits per heavy atom. The fraction of sp³-hybridized carbons (Fsp3) is 0.364. The molecule has 6 nitrogen and oxygen atoms in total. The fourth-order valence-corrected chi connectivity index (χ4v) is 3.57. The Morgan fingerprint density at radius 1 is 1.12 bits per heavy atom. The molecule has 1 aliphatic heterocycles. The lowest BCUT2D eigenvalue weighted by molar-refractivity contribution is -0.137. The molecule has 1 N–H and O–H groups in total. The van der Waals surface area contributed by atoms with Gasteiger partial charge in [0.2, 0.25) is 5.91 Å². The van der Waals surface area contributed by atoms with Crippen molar-refractivity contribution in [3.63, 3.8) is 0 Å². The molecule has 1 amide bonds. The van der Waals surface area contributed by atoms with Crippen LogP contribution in [0.3, 0.4) is 0 Å². The molecular formula is C22H22ClF3N4O2. The molecule has 0 unspecified atom stereocenters. The van der Waals surface area contributed by atoms with Crippen LogP contribution in [0, 0.1) is 11.3 Å². The van der Waals surface area contributed by atoms with E-state index in [-0.39, 0.29) is 18.1 Å². The van der Waals surface area contributed by atoms with E-state index in [9.17, 15) is 18.0 Å². The topological polar surface area (TPSA) is 68.6 Å². The molecule has 32 heavy (non-hydrogen) atoms. The normalized spacial score (nSPS) is 15.2. The van der Waals surface area contributed by atoms with E-state index in [1.54, 1.807) is 24.3 Å². The molecule has 10 heteroatoms. The minimum absolute atomic E-state index is 0.0583. The van der Waals surface area contributed by atoms with Gasteiger partial charge < -0.3 is 10.1 Å². The standard InChI is InChI=1S/C22H22ClF3N4O2/c23-20-5-4-17(13-19(20)22(24,25)26)28-21(31)15-30-8-6-29(7-9-30)10-11-32-18-3-1-2-16(12-18)14-27/h1-5,12-13H,6-11,15H2,(H,28,31). The lowest BCUT2D eigenvalue weighted by Crippen LogP contribution is -2.49. The number of nitriles is 1. The molecule has 170 valence electrons. The van der Waals surface area contributed by atoms with Crippen LogP contribution in [0.1, 0.15) is 11.1 Å². The van der Waals surface area contributed by atoms with E-state index in [1.807, 2.05) is 4.90 Å². The predicted octanol–water partition coefficient (Wildman–Crippen LogP) is 3.87. The van der Waals surface area contributed by atoms with E-state index in [0.29, 0.717) is 37.6 Å². The molecular weight excluding hydrogens is 445 g/mol. The summed E-state index contributed by atoms with van der Waals surface area (Å²) in [7, 11) is 0. The SMILES string of the molecule is N#Cc1cccc(OCCN2CCN(CC(=O)Nc3ccc(Cl)c(C(F)(F)F)c3)CC2)c1. The Balaban J connectivity index is 1.40. The highest BCUT2D eigenvalue weighted by atomic mass is 35.5. The van der Waals surface area contributed by atoms with Gasteiger partial charge in [0.1, 0.15) is 12.4 Å². The molecule has 3 rings (SSSR count). The van der Waals surface area contributed by atoms with Gasteiger partial charge in [-0.3, -0.25) is 14.6 Å². The van der Waals surface area contributed by atoms with Gasteiger partial charge in [-0.15, -0.1) is 0 Å². The molecule has 1 saturated heterocycles. The molecule has 0 atom stereocenters. The molecule has 0 aliphatic carbocycles. The molecule has 2 aromatic carbocycles. The van der Waals surface area contributed by atoms with Crippen LogP contribution in [0.4, 0.5) is 18.9 Å². The van der Waals surface area contributed by atoms with Crippen molar-refractivity contribution in [2.45, 2.75) is 6.18 Å². The first-order valence-corrected chi connectivity index (χ1v) is 10.4. The Hall–Kier alpha value is -2.80. The molecule has 0 spiro atoms. The van der Waals surface area contributed by atoms with Crippen molar-refractivity contribution in [1.82, 2.24) is 9.80 Å². The van der Waals surface area contributed by atoms with Crippen molar-refractivity contribution in [3.8, 4) is 11.8 Å². The number of nitrogens with zero attached hydrogens (tertiary/aromatic N) is 3. The molecule has 1 fully saturated rings. The van der Waals surface area contributed by atoms with Crippen LogP contribution in [0.25, 0.3) is 0 Å². The van der Waals surface area contributed by atoms with Gasteiger partial charge in [0.15, 0.2) is 0 Å². The number of carbonyl (C=O) groups excluding carboxylic acids is 1. The first-order chi connectivity index (χ1) is 15.2. The van der Waals surface area contributed by atoms with Crippen LogP contribution in [-0.4, -0.2) is 61.6 Å². The number of amides is 1. The summed E-state index contributed by atoms with van der Waals surface area (Å²) in [5.41, 5.74) is -0.377. The minimum atomic E-state index is -4.59. The average molecular weight is 467 g/mol. The average Bonchev–Trinajstić information content (AvgIpc) is 2.75. The van der Waals surface area contributed by atoms with Gasteiger partial charge in [-0.1, -0.05) is 17.7 Å². The number of nitrogens with one attached hydrogen (secondary N) is 1. The van der Waals surface area contributed by atoms with Crippen molar-refractivity contribution >= 4 is 23.2 Å². The van der Waals surface area contributed by atoms with Crippen molar-refractivity contribution in [1.29, 1.82) is 5.26 Å². The van der Waals surface area contributed by atoms with Crippen molar-refractivity contribution in [2.24, 2.45) is 0 Å². The van der Waals surface area contributed by atoms with E-state index in [2.05, 4.69) is 16.3 Å². The molecule has 1 heterocycles. The number of halogens is 4. The smallest absolute Gasteiger partial charge is 0.417 e. The number of anilines is 1. The van der Waals surface area contributed by atoms with Gasteiger partial charge >= 0.3 is 6.18 Å². The zero-order chi connectivity index (χ0) is 23.1. The fourth-order valence-electron chi connectivity index (χ4n) is 3.34. The van der Waals surface area contributed by atoms with Gasteiger partial charge in [0, 0.05) is 38.4 Å². The Bertz CT molecular complexity index is 986. The largest absolute Gasteiger partial charge is 0.492 e. The number of piperazine rings is 1. The minimum Gasteiger partial charge on any atom is -0.492 e. The van der Waals surface area contributed by atoms with E-state index in [1.165, 1.54) is 6.07 Å². The first-order valence-electron chi connectivity index (χ1n) is 9.99. The lowest BCUT2D eigenvalue weighted by Gasteiger charge is -2.34. The summed E-state index contributed by atoms with van der Waals surface area (Å²) in [6.45, 7) is 4.09. The predicted molar refractivity (Wildman–Crippen MR) is 115 cm³/mol. The highest BCUT2D eigenvalue weighted by Crippen LogP contribution is 2.36. The Morgan fingerprint density at radius 3 is 2.53 bits per heavy atom. The Kier molecular flexibility index (Phi) is 7.96. The van der Waals surface area contributed by atoms with Gasteiger partial charge in [0.25, 0.3) is 0 Å². The van der Waals surface area contributed by atoms with E-state index >= 15 is 0 Å². The summed E-state index contributed by atoms with van der Waals surface area (Å²) in [6, 6.07) is 12.4.